The van der Waals surface area contributed by atoms with Crippen LogP contribution in [0, 0.1) is 5.92 Å². The Morgan fingerprint density at radius 3 is 3.00 bits per heavy atom. The molecule has 0 amide bonds. The van der Waals surface area contributed by atoms with Crippen LogP contribution >= 0.6 is 0 Å². The topological polar surface area (TPSA) is 81.5 Å². The van der Waals surface area contributed by atoms with E-state index in [2.05, 4.69) is 9.97 Å². The second-order valence-electron chi connectivity index (χ2n) is 3.90. The lowest BCUT2D eigenvalue weighted by Crippen LogP contribution is -2.22. The highest BCUT2D eigenvalue weighted by Crippen LogP contribution is 2.15. The van der Waals surface area contributed by atoms with Gasteiger partial charge in [-0.05, 0) is 24.8 Å². The zero-order valence-corrected chi connectivity index (χ0v) is 9.33. The van der Waals surface area contributed by atoms with Gasteiger partial charge < -0.3 is 14.6 Å². The Labute approximate surface area is 98.6 Å². The van der Waals surface area contributed by atoms with Crippen molar-refractivity contribution in [1.29, 1.82) is 0 Å². The van der Waals surface area contributed by atoms with Crippen LogP contribution in [-0.2, 0) is 4.74 Å². The second kappa shape index (κ2) is 5.58. The van der Waals surface area contributed by atoms with Crippen molar-refractivity contribution >= 4 is 5.97 Å². The number of carboxylic acid groups (broad SMARTS) is 1. The quantitative estimate of drug-likeness (QED) is 0.842. The van der Waals surface area contributed by atoms with E-state index in [1.54, 1.807) is 0 Å². The van der Waals surface area contributed by atoms with Crippen molar-refractivity contribution in [3.63, 3.8) is 0 Å². The molecule has 6 heteroatoms. The van der Waals surface area contributed by atoms with Crippen molar-refractivity contribution in [3.05, 3.63) is 18.0 Å². The van der Waals surface area contributed by atoms with Crippen LogP contribution in [0.5, 0.6) is 6.01 Å². The van der Waals surface area contributed by atoms with Crippen molar-refractivity contribution in [3.8, 4) is 6.01 Å². The summed E-state index contributed by atoms with van der Waals surface area (Å²) in [4.78, 5) is 18.4. The fourth-order valence-corrected chi connectivity index (χ4v) is 1.63. The van der Waals surface area contributed by atoms with Gasteiger partial charge >= 0.3 is 12.0 Å². The van der Waals surface area contributed by atoms with Crippen LogP contribution in [0.25, 0.3) is 0 Å². The van der Waals surface area contributed by atoms with E-state index in [4.69, 9.17) is 14.6 Å². The number of hydrogen-bond acceptors (Lipinski definition) is 5. The molecule has 2 heterocycles. The third-order valence-corrected chi connectivity index (χ3v) is 2.64. The zero-order valence-electron chi connectivity index (χ0n) is 9.33. The average Bonchev–Trinajstić information content (AvgIpc) is 2.38. The Morgan fingerprint density at radius 2 is 2.29 bits per heavy atom. The molecule has 1 saturated heterocycles. The summed E-state index contributed by atoms with van der Waals surface area (Å²) in [6.45, 7) is 2.01. The van der Waals surface area contributed by atoms with Crippen molar-refractivity contribution in [2.45, 2.75) is 12.8 Å². The van der Waals surface area contributed by atoms with E-state index < -0.39 is 5.97 Å². The van der Waals surface area contributed by atoms with E-state index in [1.807, 2.05) is 0 Å². The van der Waals surface area contributed by atoms with Crippen molar-refractivity contribution in [2.24, 2.45) is 5.92 Å². The van der Waals surface area contributed by atoms with Crippen LogP contribution < -0.4 is 4.74 Å². The Morgan fingerprint density at radius 1 is 1.53 bits per heavy atom. The van der Waals surface area contributed by atoms with Gasteiger partial charge in [0.05, 0.1) is 6.61 Å². The normalized spacial score (nSPS) is 16.7. The zero-order chi connectivity index (χ0) is 12.1. The fraction of sp³-hybridized carbons (Fsp3) is 0.545. The van der Waals surface area contributed by atoms with Crippen molar-refractivity contribution in [2.75, 3.05) is 19.8 Å². The molecule has 0 unspecified atom stereocenters. The van der Waals surface area contributed by atoms with Gasteiger partial charge in [0, 0.05) is 19.4 Å². The fourth-order valence-electron chi connectivity index (χ4n) is 1.63. The third-order valence-electron chi connectivity index (χ3n) is 2.64. The molecule has 0 aliphatic carbocycles. The monoisotopic (exact) mass is 238 g/mol. The molecule has 1 fully saturated rings. The number of ether oxygens (including phenoxy) is 2. The summed E-state index contributed by atoms with van der Waals surface area (Å²) in [7, 11) is 0. The Kier molecular flexibility index (Phi) is 3.87. The summed E-state index contributed by atoms with van der Waals surface area (Å²) in [5.41, 5.74) is -0.0537. The van der Waals surface area contributed by atoms with Crippen LogP contribution in [0.3, 0.4) is 0 Å². The number of carboxylic acids is 1. The first kappa shape index (κ1) is 11.8. The van der Waals surface area contributed by atoms with Gasteiger partial charge in [0.1, 0.15) is 0 Å². The van der Waals surface area contributed by atoms with E-state index in [1.165, 1.54) is 12.3 Å². The molecule has 0 aromatic carbocycles. The second-order valence-corrected chi connectivity index (χ2v) is 3.90. The first-order chi connectivity index (χ1) is 8.25. The van der Waals surface area contributed by atoms with Crippen LogP contribution in [0.1, 0.15) is 23.3 Å². The van der Waals surface area contributed by atoms with Gasteiger partial charge in [0.15, 0.2) is 5.69 Å². The summed E-state index contributed by atoms with van der Waals surface area (Å²) in [6.07, 6.45) is 3.30. The highest BCUT2D eigenvalue weighted by atomic mass is 16.5. The van der Waals surface area contributed by atoms with E-state index in [9.17, 15) is 4.79 Å². The van der Waals surface area contributed by atoms with Gasteiger partial charge in [-0.1, -0.05) is 0 Å². The van der Waals surface area contributed by atoms with Crippen LogP contribution in [-0.4, -0.2) is 40.9 Å². The molecule has 1 aliphatic heterocycles. The average molecular weight is 238 g/mol. The van der Waals surface area contributed by atoms with E-state index >= 15 is 0 Å². The number of aromatic nitrogens is 2. The van der Waals surface area contributed by atoms with Gasteiger partial charge in [-0.25, -0.2) is 9.78 Å². The molecule has 17 heavy (non-hydrogen) atoms. The smallest absolute Gasteiger partial charge is 0.354 e. The molecule has 0 radical (unpaired) electrons. The molecule has 0 saturated carbocycles. The van der Waals surface area contributed by atoms with E-state index in [-0.39, 0.29) is 11.7 Å². The van der Waals surface area contributed by atoms with E-state index in [0.717, 1.165) is 26.1 Å². The number of aromatic carboxylic acids is 1. The minimum absolute atomic E-state index is 0.0537. The van der Waals surface area contributed by atoms with Gasteiger partial charge in [0.2, 0.25) is 0 Å². The number of rotatable bonds is 4. The van der Waals surface area contributed by atoms with Gasteiger partial charge in [0.25, 0.3) is 0 Å². The molecular weight excluding hydrogens is 224 g/mol. The molecule has 1 aromatic heterocycles. The minimum atomic E-state index is -1.08. The van der Waals surface area contributed by atoms with Gasteiger partial charge in [-0.15, -0.1) is 0 Å². The van der Waals surface area contributed by atoms with Crippen LogP contribution in [0.4, 0.5) is 0 Å². The maximum atomic E-state index is 10.7. The maximum Gasteiger partial charge on any atom is 0.354 e. The predicted molar refractivity (Wildman–Crippen MR) is 58.0 cm³/mol. The number of hydrogen-bond donors (Lipinski definition) is 1. The molecule has 92 valence electrons. The maximum absolute atomic E-state index is 10.7. The Hall–Kier alpha value is -1.69. The standard InChI is InChI=1S/C11H14N2O4/c14-10(15)9-1-4-12-11(13-9)17-7-8-2-5-16-6-3-8/h1,4,8H,2-3,5-7H2,(H,14,15). The first-order valence-electron chi connectivity index (χ1n) is 5.52. The van der Waals surface area contributed by atoms with E-state index in [0.29, 0.717) is 12.5 Å². The lowest BCUT2D eigenvalue weighted by atomic mass is 10.0. The highest BCUT2D eigenvalue weighted by molar-refractivity contribution is 5.85. The predicted octanol–water partition coefficient (Wildman–Crippen LogP) is 0.980. The van der Waals surface area contributed by atoms with Gasteiger partial charge in [-0.3, -0.25) is 0 Å². The number of nitrogens with zero attached hydrogens (tertiary/aromatic N) is 2. The molecule has 0 spiro atoms. The van der Waals surface area contributed by atoms with Gasteiger partial charge in [-0.2, -0.15) is 4.98 Å². The highest BCUT2D eigenvalue weighted by Gasteiger charge is 2.15. The summed E-state index contributed by atoms with van der Waals surface area (Å²) < 4.78 is 10.6. The Bertz CT molecular complexity index is 391. The Balaban J connectivity index is 1.89. The lowest BCUT2D eigenvalue weighted by molar-refractivity contribution is 0.0481. The molecular formula is C11H14N2O4. The van der Waals surface area contributed by atoms with Crippen molar-refractivity contribution in [1.82, 2.24) is 9.97 Å². The molecule has 0 bridgehead atoms. The first-order valence-corrected chi connectivity index (χ1v) is 5.52. The number of carbonyl (C=O) groups is 1. The summed E-state index contributed by atoms with van der Waals surface area (Å²) in [5.74, 6) is -0.649. The lowest BCUT2D eigenvalue weighted by Gasteiger charge is -2.21. The third kappa shape index (κ3) is 3.39. The summed E-state index contributed by atoms with van der Waals surface area (Å²) in [5, 5.41) is 8.76. The molecule has 2 rings (SSSR count). The van der Waals surface area contributed by atoms with Crippen molar-refractivity contribution < 1.29 is 19.4 Å². The molecule has 1 aromatic rings. The SMILES string of the molecule is O=C(O)c1ccnc(OCC2CCOCC2)n1. The minimum Gasteiger partial charge on any atom is -0.477 e. The van der Waals surface area contributed by atoms with Crippen LogP contribution in [0.15, 0.2) is 12.3 Å². The molecule has 1 aliphatic rings. The summed E-state index contributed by atoms with van der Waals surface area (Å²) >= 11 is 0. The molecule has 0 atom stereocenters. The molecule has 1 N–H and O–H groups in total. The van der Waals surface area contributed by atoms with Crippen LogP contribution in [0.2, 0.25) is 0 Å². The molecule has 6 nitrogen and oxygen atoms in total. The largest absolute Gasteiger partial charge is 0.477 e. The summed E-state index contributed by atoms with van der Waals surface area (Å²) in [6, 6.07) is 1.46.